The summed E-state index contributed by atoms with van der Waals surface area (Å²) < 4.78 is 37.7. The first-order chi connectivity index (χ1) is 14.7. The van der Waals surface area contributed by atoms with E-state index in [1.54, 1.807) is 14.2 Å². The molecule has 0 fully saturated rings. The molecular weight excluding hydrogens is 412 g/mol. The lowest BCUT2D eigenvalue weighted by Crippen LogP contribution is -2.25. The molecule has 3 aromatic carbocycles. The molecule has 0 aliphatic rings. The molecule has 0 atom stereocenters. The van der Waals surface area contributed by atoms with E-state index in [-0.39, 0.29) is 0 Å². The van der Waals surface area contributed by atoms with Gasteiger partial charge in [-0.15, -0.1) is 0 Å². The molecule has 7 heteroatoms. The number of aromatic nitrogens is 1. The van der Waals surface area contributed by atoms with Crippen molar-refractivity contribution in [2.45, 2.75) is 13.8 Å². The monoisotopic (exact) mass is 436 g/mol. The lowest BCUT2D eigenvalue weighted by atomic mass is 9.95. The molecule has 4 aromatic rings. The van der Waals surface area contributed by atoms with Crippen molar-refractivity contribution in [1.82, 2.24) is 4.98 Å². The summed E-state index contributed by atoms with van der Waals surface area (Å²) in [6.07, 6.45) is 1.19. The maximum atomic E-state index is 12.3. The molecule has 4 rings (SSSR count). The van der Waals surface area contributed by atoms with Crippen LogP contribution < -0.4 is 9.04 Å². The van der Waals surface area contributed by atoms with Crippen LogP contribution in [0.2, 0.25) is 0 Å². The Balaban J connectivity index is 1.98. The van der Waals surface area contributed by atoms with Crippen molar-refractivity contribution in [1.29, 1.82) is 0 Å². The normalized spacial score (nSPS) is 11.6. The lowest BCUT2D eigenvalue weighted by Gasteiger charge is -2.23. The maximum absolute atomic E-state index is 12.3. The van der Waals surface area contributed by atoms with E-state index in [0.29, 0.717) is 28.5 Å². The molecule has 0 bridgehead atoms. The highest BCUT2D eigenvalue weighted by Crippen LogP contribution is 2.43. The predicted molar refractivity (Wildman–Crippen MR) is 124 cm³/mol. The van der Waals surface area contributed by atoms with Crippen LogP contribution in [0.5, 0.6) is 5.75 Å². The molecule has 0 amide bonds. The van der Waals surface area contributed by atoms with Gasteiger partial charge in [-0.25, -0.2) is 13.4 Å². The highest BCUT2D eigenvalue weighted by molar-refractivity contribution is 7.92. The molecule has 0 aliphatic carbocycles. The van der Waals surface area contributed by atoms with Crippen LogP contribution in [0.3, 0.4) is 0 Å². The van der Waals surface area contributed by atoms with Crippen LogP contribution >= 0.6 is 0 Å². The van der Waals surface area contributed by atoms with Gasteiger partial charge < -0.3 is 9.15 Å². The fourth-order valence-electron chi connectivity index (χ4n) is 3.58. The second kappa shape index (κ2) is 7.74. The molecule has 31 heavy (non-hydrogen) atoms. The SMILES string of the molecule is COc1c(-c2nc3ccccc3o2)cccc1-c1cc(C)c(C)cc1N(C)S(C)(=O)=O. The summed E-state index contributed by atoms with van der Waals surface area (Å²) in [6, 6.07) is 17.1. The lowest BCUT2D eigenvalue weighted by molar-refractivity contribution is 0.416. The Bertz CT molecular complexity index is 1360. The molecule has 6 nitrogen and oxygen atoms in total. The Kier molecular flexibility index (Phi) is 5.23. The van der Waals surface area contributed by atoms with E-state index in [2.05, 4.69) is 4.98 Å². The number of benzene rings is 3. The van der Waals surface area contributed by atoms with Crippen LogP contribution in [0, 0.1) is 13.8 Å². The van der Waals surface area contributed by atoms with Crippen molar-refractivity contribution >= 4 is 26.8 Å². The first-order valence-corrected chi connectivity index (χ1v) is 11.6. The van der Waals surface area contributed by atoms with Crippen molar-refractivity contribution in [2.75, 3.05) is 24.7 Å². The number of anilines is 1. The zero-order valence-corrected chi connectivity index (χ0v) is 18.9. The topological polar surface area (TPSA) is 72.6 Å². The second-order valence-corrected chi connectivity index (χ2v) is 9.57. The van der Waals surface area contributed by atoms with E-state index < -0.39 is 10.0 Å². The third kappa shape index (κ3) is 3.77. The van der Waals surface area contributed by atoms with Crippen LogP contribution in [0.25, 0.3) is 33.7 Å². The van der Waals surface area contributed by atoms with Crippen LogP contribution in [0.4, 0.5) is 5.69 Å². The van der Waals surface area contributed by atoms with E-state index in [9.17, 15) is 8.42 Å². The van der Waals surface area contributed by atoms with Crippen molar-refractivity contribution in [3.63, 3.8) is 0 Å². The quantitative estimate of drug-likeness (QED) is 0.431. The van der Waals surface area contributed by atoms with E-state index in [0.717, 1.165) is 27.8 Å². The minimum absolute atomic E-state index is 0.446. The van der Waals surface area contributed by atoms with E-state index >= 15 is 0 Å². The molecule has 0 radical (unpaired) electrons. The minimum Gasteiger partial charge on any atom is -0.495 e. The van der Waals surface area contributed by atoms with Crippen LogP contribution in [0.15, 0.2) is 59.0 Å². The Morgan fingerprint density at radius 1 is 0.935 bits per heavy atom. The molecule has 0 N–H and O–H groups in total. The van der Waals surface area contributed by atoms with Gasteiger partial charge in [0, 0.05) is 18.2 Å². The molecular formula is C24H24N2O4S. The Hall–Kier alpha value is -3.32. The number of rotatable bonds is 5. The number of hydrogen-bond donors (Lipinski definition) is 0. The Labute approximate surface area is 182 Å². The van der Waals surface area contributed by atoms with Crippen molar-refractivity contribution < 1.29 is 17.6 Å². The summed E-state index contributed by atoms with van der Waals surface area (Å²) in [7, 11) is -0.309. The van der Waals surface area contributed by atoms with Gasteiger partial charge in [-0.1, -0.05) is 24.3 Å². The summed E-state index contributed by atoms with van der Waals surface area (Å²) in [4.78, 5) is 4.60. The Morgan fingerprint density at radius 2 is 1.61 bits per heavy atom. The number of oxazole rings is 1. The van der Waals surface area contributed by atoms with E-state index in [1.165, 1.54) is 10.6 Å². The molecule has 0 unspecified atom stereocenters. The Morgan fingerprint density at radius 3 is 2.29 bits per heavy atom. The van der Waals surface area contributed by atoms with Gasteiger partial charge in [0.15, 0.2) is 5.58 Å². The fourth-order valence-corrected chi connectivity index (χ4v) is 4.09. The number of ether oxygens (including phenoxy) is 1. The van der Waals surface area contributed by atoms with Crippen LogP contribution in [0.1, 0.15) is 11.1 Å². The predicted octanol–water partition coefficient (Wildman–Crippen LogP) is 5.18. The highest BCUT2D eigenvalue weighted by Gasteiger charge is 2.23. The van der Waals surface area contributed by atoms with Crippen molar-refractivity contribution in [2.24, 2.45) is 0 Å². The van der Waals surface area contributed by atoms with Gasteiger partial charge in [-0.3, -0.25) is 4.31 Å². The first-order valence-electron chi connectivity index (χ1n) is 9.79. The smallest absolute Gasteiger partial charge is 0.232 e. The number of sulfonamides is 1. The molecule has 0 spiro atoms. The third-order valence-electron chi connectivity index (χ3n) is 5.48. The van der Waals surface area contributed by atoms with Gasteiger partial charge in [0.25, 0.3) is 0 Å². The van der Waals surface area contributed by atoms with Crippen molar-refractivity contribution in [3.05, 3.63) is 65.7 Å². The third-order valence-corrected chi connectivity index (χ3v) is 6.67. The zero-order valence-electron chi connectivity index (χ0n) is 18.1. The van der Waals surface area contributed by atoms with Crippen LogP contribution in [-0.2, 0) is 10.0 Å². The van der Waals surface area contributed by atoms with Gasteiger partial charge in [0.1, 0.15) is 11.3 Å². The number of aryl methyl sites for hydroxylation is 2. The average molecular weight is 437 g/mol. The van der Waals surface area contributed by atoms with Gasteiger partial charge in [0.05, 0.1) is 24.6 Å². The van der Waals surface area contributed by atoms with Crippen LogP contribution in [-0.4, -0.2) is 33.8 Å². The zero-order chi connectivity index (χ0) is 22.3. The number of para-hydroxylation sites is 3. The summed E-state index contributed by atoms with van der Waals surface area (Å²) >= 11 is 0. The standard InChI is InChI=1S/C24H24N2O4S/c1-15-13-19(21(14-16(15)2)26(3)31(5,27)28)17-9-8-10-18(23(17)29-4)24-25-20-11-6-7-12-22(20)30-24/h6-14H,1-5H3. The number of hydrogen-bond acceptors (Lipinski definition) is 5. The minimum atomic E-state index is -3.45. The highest BCUT2D eigenvalue weighted by atomic mass is 32.2. The van der Waals surface area contributed by atoms with Gasteiger partial charge in [-0.2, -0.15) is 0 Å². The largest absolute Gasteiger partial charge is 0.495 e. The molecule has 1 aromatic heterocycles. The summed E-state index contributed by atoms with van der Waals surface area (Å²) in [5, 5.41) is 0. The number of methoxy groups -OCH3 is 1. The van der Waals surface area contributed by atoms with E-state index in [4.69, 9.17) is 9.15 Å². The summed E-state index contributed by atoms with van der Waals surface area (Å²) in [5.74, 6) is 1.02. The first kappa shape index (κ1) is 20.9. The average Bonchev–Trinajstić information content (AvgIpc) is 3.17. The molecule has 160 valence electrons. The van der Waals surface area contributed by atoms with E-state index in [1.807, 2.05) is 68.4 Å². The van der Waals surface area contributed by atoms with Gasteiger partial charge >= 0.3 is 0 Å². The summed E-state index contributed by atoms with van der Waals surface area (Å²) in [6.45, 7) is 3.96. The summed E-state index contributed by atoms with van der Waals surface area (Å²) in [5.41, 5.74) is 6.29. The second-order valence-electron chi connectivity index (χ2n) is 7.56. The van der Waals surface area contributed by atoms with Gasteiger partial charge in [-0.05, 0) is 55.3 Å². The molecule has 1 heterocycles. The fraction of sp³-hybridized carbons (Fsp3) is 0.208. The number of nitrogens with zero attached hydrogens (tertiary/aromatic N) is 2. The number of fused-ring (bicyclic) bond motifs is 1. The molecule has 0 saturated heterocycles. The van der Waals surface area contributed by atoms with Crippen molar-refractivity contribution in [3.8, 4) is 28.3 Å². The van der Waals surface area contributed by atoms with Gasteiger partial charge in [0.2, 0.25) is 15.9 Å². The maximum Gasteiger partial charge on any atom is 0.232 e. The molecule has 0 aliphatic heterocycles. The molecule has 0 saturated carbocycles.